The summed E-state index contributed by atoms with van der Waals surface area (Å²) in [6, 6.07) is 2.88. The summed E-state index contributed by atoms with van der Waals surface area (Å²) in [5.41, 5.74) is -0.369. The minimum atomic E-state index is -2.76. The van der Waals surface area contributed by atoms with Gasteiger partial charge < -0.3 is 0 Å². The maximum Gasteiger partial charge on any atom is 0.280 e. The predicted molar refractivity (Wildman–Crippen MR) is 51.9 cm³/mol. The Labute approximate surface area is 92.9 Å². The van der Waals surface area contributed by atoms with Crippen molar-refractivity contribution in [2.75, 3.05) is 0 Å². The summed E-state index contributed by atoms with van der Waals surface area (Å²) in [6.45, 7) is 0. The first-order chi connectivity index (χ1) is 7.13. The fourth-order valence-electron chi connectivity index (χ4n) is 1.07. The second-order valence-electron chi connectivity index (χ2n) is 2.63. The first kappa shape index (κ1) is 11.7. The van der Waals surface area contributed by atoms with E-state index in [-0.39, 0.29) is 16.6 Å². The first-order valence-corrected chi connectivity index (χ1v) is 4.99. The number of carbonyl (C=O) groups is 1. The van der Waals surface area contributed by atoms with E-state index < -0.39 is 12.1 Å². The number of aromatic nitrogens is 1. The highest BCUT2D eigenvalue weighted by molar-refractivity contribution is 9.08. The second kappa shape index (κ2) is 4.94. The van der Waals surface area contributed by atoms with Crippen LogP contribution in [0.15, 0.2) is 6.07 Å². The van der Waals surface area contributed by atoms with Crippen LogP contribution in [0.25, 0.3) is 0 Å². The minimum Gasteiger partial charge on any atom is -0.296 e. The van der Waals surface area contributed by atoms with E-state index >= 15 is 0 Å². The second-order valence-corrected chi connectivity index (χ2v) is 3.19. The SMILES string of the molecule is N#Cc1c(CBr)cc(C(F)F)nc1C=O. The number of carbonyl (C=O) groups excluding carboxylic acids is 1. The van der Waals surface area contributed by atoms with Gasteiger partial charge in [-0.25, -0.2) is 13.8 Å². The van der Waals surface area contributed by atoms with Gasteiger partial charge >= 0.3 is 0 Å². The Hall–Kier alpha value is -1.35. The van der Waals surface area contributed by atoms with Gasteiger partial charge in [0, 0.05) is 5.33 Å². The van der Waals surface area contributed by atoms with Crippen LogP contribution in [-0.2, 0) is 5.33 Å². The number of pyridine rings is 1. The van der Waals surface area contributed by atoms with Crippen LogP contribution in [0.2, 0.25) is 0 Å². The molecule has 1 aromatic rings. The van der Waals surface area contributed by atoms with E-state index in [1.54, 1.807) is 6.07 Å². The van der Waals surface area contributed by atoms with Crippen molar-refractivity contribution in [3.05, 3.63) is 28.6 Å². The molecule has 0 aromatic carbocycles. The topological polar surface area (TPSA) is 53.8 Å². The predicted octanol–water partition coefficient (Wildman–Crippen LogP) is 2.60. The number of rotatable bonds is 3. The zero-order chi connectivity index (χ0) is 11.4. The average Bonchev–Trinajstić information content (AvgIpc) is 2.26. The lowest BCUT2D eigenvalue weighted by molar-refractivity contribution is 0.111. The highest BCUT2D eigenvalue weighted by atomic mass is 79.9. The van der Waals surface area contributed by atoms with E-state index in [1.807, 2.05) is 0 Å². The van der Waals surface area contributed by atoms with Gasteiger partial charge in [0.15, 0.2) is 6.29 Å². The van der Waals surface area contributed by atoms with Crippen LogP contribution in [0.4, 0.5) is 8.78 Å². The number of nitrogens with zero attached hydrogens (tertiary/aromatic N) is 2. The molecule has 0 N–H and O–H groups in total. The van der Waals surface area contributed by atoms with Crippen LogP contribution in [0.3, 0.4) is 0 Å². The van der Waals surface area contributed by atoms with Gasteiger partial charge in [0.1, 0.15) is 17.5 Å². The standard InChI is InChI=1S/C9H5BrF2N2O/c10-2-5-1-7(9(11)12)14-8(4-15)6(5)3-13/h1,4,9H,2H2. The van der Waals surface area contributed by atoms with E-state index in [0.29, 0.717) is 11.8 Å². The van der Waals surface area contributed by atoms with Gasteiger partial charge in [-0.3, -0.25) is 4.79 Å². The van der Waals surface area contributed by atoms with Crippen LogP contribution in [0, 0.1) is 11.3 Å². The molecule has 3 nitrogen and oxygen atoms in total. The first-order valence-electron chi connectivity index (χ1n) is 3.87. The highest BCUT2D eigenvalue weighted by Crippen LogP contribution is 2.22. The molecule has 0 amide bonds. The smallest absolute Gasteiger partial charge is 0.280 e. The van der Waals surface area contributed by atoms with Crippen molar-refractivity contribution in [1.29, 1.82) is 5.26 Å². The van der Waals surface area contributed by atoms with Crippen molar-refractivity contribution < 1.29 is 13.6 Å². The van der Waals surface area contributed by atoms with Crippen LogP contribution in [0.5, 0.6) is 0 Å². The van der Waals surface area contributed by atoms with Crippen molar-refractivity contribution >= 4 is 22.2 Å². The number of hydrogen-bond donors (Lipinski definition) is 0. The molecule has 0 unspecified atom stereocenters. The maximum atomic E-state index is 12.4. The largest absolute Gasteiger partial charge is 0.296 e. The normalized spacial score (nSPS) is 10.1. The Morgan fingerprint density at radius 3 is 2.73 bits per heavy atom. The fourth-order valence-corrected chi connectivity index (χ4v) is 1.52. The summed E-state index contributed by atoms with van der Waals surface area (Å²) in [7, 11) is 0. The van der Waals surface area contributed by atoms with Crippen LogP contribution in [0.1, 0.15) is 33.7 Å². The van der Waals surface area contributed by atoms with E-state index in [1.165, 1.54) is 0 Å². The fraction of sp³-hybridized carbons (Fsp3) is 0.222. The van der Waals surface area contributed by atoms with Gasteiger partial charge in [-0.2, -0.15) is 5.26 Å². The zero-order valence-corrected chi connectivity index (χ0v) is 8.96. The lowest BCUT2D eigenvalue weighted by Gasteiger charge is -2.05. The summed E-state index contributed by atoms with van der Waals surface area (Å²) in [4.78, 5) is 14.0. The van der Waals surface area contributed by atoms with Gasteiger partial charge in [0.05, 0.1) is 5.56 Å². The third kappa shape index (κ3) is 2.36. The van der Waals surface area contributed by atoms with Crippen LogP contribution < -0.4 is 0 Å². The molecule has 1 rings (SSSR count). The number of alkyl halides is 3. The summed E-state index contributed by atoms with van der Waals surface area (Å²) in [5, 5.41) is 8.95. The monoisotopic (exact) mass is 274 g/mol. The quantitative estimate of drug-likeness (QED) is 0.629. The molecule has 0 spiro atoms. The molecule has 0 aliphatic carbocycles. The molecule has 15 heavy (non-hydrogen) atoms. The summed E-state index contributed by atoms with van der Waals surface area (Å²) < 4.78 is 24.7. The molecule has 0 bridgehead atoms. The summed E-state index contributed by atoms with van der Waals surface area (Å²) >= 11 is 3.06. The maximum absolute atomic E-state index is 12.4. The number of aldehydes is 1. The minimum absolute atomic E-state index is 0.0336. The number of halogens is 3. The molecular weight excluding hydrogens is 270 g/mol. The summed E-state index contributed by atoms with van der Waals surface area (Å²) in [5.74, 6) is 0. The van der Waals surface area contributed by atoms with E-state index in [4.69, 9.17) is 5.26 Å². The molecule has 0 aliphatic heterocycles. The Morgan fingerprint density at radius 1 is 1.67 bits per heavy atom. The molecule has 78 valence electrons. The van der Waals surface area contributed by atoms with Gasteiger partial charge in [0.25, 0.3) is 6.43 Å². The summed E-state index contributed by atoms with van der Waals surface area (Å²) in [6.07, 6.45) is -2.45. The van der Waals surface area contributed by atoms with Gasteiger partial charge in [-0.1, -0.05) is 15.9 Å². The molecule has 6 heteroatoms. The van der Waals surface area contributed by atoms with Gasteiger partial charge in [0.2, 0.25) is 0 Å². The Bertz CT molecular complexity index is 429. The molecule has 0 atom stereocenters. The van der Waals surface area contributed by atoms with Gasteiger partial charge in [-0.05, 0) is 11.6 Å². The molecule has 0 saturated carbocycles. The lowest BCUT2D eigenvalue weighted by Crippen LogP contribution is -2.02. The molecular formula is C9H5BrF2N2O. The molecule has 0 fully saturated rings. The van der Waals surface area contributed by atoms with Crippen molar-refractivity contribution in [3.8, 4) is 6.07 Å². The third-order valence-corrected chi connectivity index (χ3v) is 2.34. The number of nitriles is 1. The Kier molecular flexibility index (Phi) is 3.86. The van der Waals surface area contributed by atoms with Crippen LogP contribution >= 0.6 is 15.9 Å². The highest BCUT2D eigenvalue weighted by Gasteiger charge is 2.16. The molecule has 1 aromatic heterocycles. The lowest BCUT2D eigenvalue weighted by atomic mass is 10.1. The molecule has 0 radical (unpaired) electrons. The van der Waals surface area contributed by atoms with Gasteiger partial charge in [-0.15, -0.1) is 0 Å². The van der Waals surface area contributed by atoms with E-state index in [9.17, 15) is 13.6 Å². The van der Waals surface area contributed by atoms with E-state index in [0.717, 1.165) is 6.07 Å². The average molecular weight is 275 g/mol. The Morgan fingerprint density at radius 2 is 2.33 bits per heavy atom. The van der Waals surface area contributed by atoms with Crippen molar-refractivity contribution in [2.24, 2.45) is 0 Å². The van der Waals surface area contributed by atoms with Crippen LogP contribution in [-0.4, -0.2) is 11.3 Å². The Balaban J connectivity index is 3.44. The van der Waals surface area contributed by atoms with E-state index in [2.05, 4.69) is 20.9 Å². The molecule has 0 saturated heterocycles. The molecule has 0 aliphatic rings. The molecule has 1 heterocycles. The van der Waals surface area contributed by atoms with Crippen molar-refractivity contribution in [2.45, 2.75) is 11.8 Å². The van der Waals surface area contributed by atoms with Crippen molar-refractivity contribution in [3.63, 3.8) is 0 Å². The number of hydrogen-bond acceptors (Lipinski definition) is 3. The van der Waals surface area contributed by atoms with Crippen molar-refractivity contribution in [1.82, 2.24) is 4.98 Å². The third-order valence-electron chi connectivity index (χ3n) is 1.74. The zero-order valence-electron chi connectivity index (χ0n) is 7.38.